The molecule has 5 rings (SSSR count). The standard InChI is InChI=1S/C31H28N4O5S/c1-18-5-9-20(10-6-18)27-26(29(36)21-11-15-23(16-12-21)35(39)40)25(24-4-3-17-41-24)28(30(32)37)34(27)31(38)33-22-13-7-19(2)8-14-22/h3-17,25-28H,1-2H3,(H2,32,37)(H,33,38). The lowest BCUT2D eigenvalue weighted by Gasteiger charge is -2.31. The maximum absolute atomic E-state index is 14.3. The first-order valence-electron chi connectivity index (χ1n) is 13.0. The van der Waals surface area contributed by atoms with Crippen LogP contribution < -0.4 is 11.1 Å². The van der Waals surface area contributed by atoms with Gasteiger partial charge in [0.1, 0.15) is 6.04 Å². The van der Waals surface area contributed by atoms with Crippen molar-refractivity contribution in [3.05, 3.63) is 128 Å². The maximum Gasteiger partial charge on any atom is 0.323 e. The number of rotatable bonds is 7. The molecule has 4 aromatic rings. The average molecular weight is 569 g/mol. The molecule has 0 spiro atoms. The molecule has 2 heterocycles. The number of carbonyl (C=O) groups excluding carboxylic acids is 3. The van der Waals surface area contributed by atoms with Crippen LogP contribution in [-0.2, 0) is 4.79 Å². The number of nitrogens with one attached hydrogen (secondary N) is 1. The minimum atomic E-state index is -1.14. The van der Waals surface area contributed by atoms with E-state index in [1.807, 2.05) is 67.8 Å². The predicted octanol–water partition coefficient (Wildman–Crippen LogP) is 6.00. The van der Waals surface area contributed by atoms with E-state index >= 15 is 0 Å². The first-order chi connectivity index (χ1) is 19.7. The van der Waals surface area contributed by atoms with Crippen molar-refractivity contribution >= 4 is 40.4 Å². The second-order valence-corrected chi connectivity index (χ2v) is 11.1. The Kier molecular flexibility index (Phi) is 7.67. The van der Waals surface area contributed by atoms with Crippen LogP contribution in [0.4, 0.5) is 16.2 Å². The first-order valence-corrected chi connectivity index (χ1v) is 13.9. The second kappa shape index (κ2) is 11.3. The molecule has 10 heteroatoms. The van der Waals surface area contributed by atoms with Gasteiger partial charge < -0.3 is 16.0 Å². The summed E-state index contributed by atoms with van der Waals surface area (Å²) in [6, 6.07) is 21.2. The molecule has 0 saturated carbocycles. The summed E-state index contributed by atoms with van der Waals surface area (Å²) in [5.74, 6) is -2.73. The third-order valence-electron chi connectivity index (χ3n) is 7.45. The molecular formula is C31H28N4O5S. The number of primary amides is 1. The van der Waals surface area contributed by atoms with Crippen molar-refractivity contribution in [3.63, 3.8) is 0 Å². The largest absolute Gasteiger partial charge is 0.368 e. The third kappa shape index (κ3) is 5.46. The quantitative estimate of drug-likeness (QED) is 0.160. The molecule has 0 radical (unpaired) electrons. The molecule has 9 nitrogen and oxygen atoms in total. The van der Waals surface area contributed by atoms with Gasteiger partial charge >= 0.3 is 6.03 Å². The van der Waals surface area contributed by atoms with E-state index in [9.17, 15) is 24.5 Å². The Balaban J connectivity index is 1.68. The van der Waals surface area contributed by atoms with Gasteiger partial charge in [-0.1, -0.05) is 53.6 Å². The highest BCUT2D eigenvalue weighted by Crippen LogP contribution is 2.52. The van der Waals surface area contributed by atoms with E-state index in [4.69, 9.17) is 5.73 Å². The number of carbonyl (C=O) groups is 3. The molecule has 1 saturated heterocycles. The van der Waals surface area contributed by atoms with Crippen molar-refractivity contribution in [2.75, 3.05) is 5.32 Å². The number of nitrogens with two attached hydrogens (primary N) is 1. The zero-order valence-corrected chi connectivity index (χ0v) is 23.2. The monoisotopic (exact) mass is 568 g/mol. The van der Waals surface area contributed by atoms with E-state index < -0.39 is 40.8 Å². The Bertz CT molecular complexity index is 1590. The van der Waals surface area contributed by atoms with Gasteiger partial charge in [0.15, 0.2) is 5.78 Å². The molecule has 3 N–H and O–H groups in total. The summed E-state index contributed by atoms with van der Waals surface area (Å²) in [7, 11) is 0. The number of amides is 3. The Labute approximate surface area is 240 Å². The van der Waals surface area contributed by atoms with Crippen LogP contribution in [0.3, 0.4) is 0 Å². The van der Waals surface area contributed by atoms with Gasteiger partial charge in [0.05, 0.1) is 16.9 Å². The van der Waals surface area contributed by atoms with Crippen LogP contribution in [0.25, 0.3) is 0 Å². The van der Waals surface area contributed by atoms with E-state index in [0.717, 1.165) is 16.0 Å². The minimum absolute atomic E-state index is 0.146. The summed E-state index contributed by atoms with van der Waals surface area (Å²) >= 11 is 1.38. The molecule has 1 aliphatic heterocycles. The minimum Gasteiger partial charge on any atom is -0.368 e. The molecule has 1 aliphatic rings. The number of benzene rings is 3. The van der Waals surface area contributed by atoms with Crippen LogP contribution >= 0.6 is 11.3 Å². The lowest BCUT2D eigenvalue weighted by molar-refractivity contribution is -0.384. The van der Waals surface area contributed by atoms with Crippen molar-refractivity contribution < 1.29 is 19.3 Å². The Morgan fingerprint density at radius 3 is 2.05 bits per heavy atom. The molecule has 0 aliphatic carbocycles. The highest BCUT2D eigenvalue weighted by Gasteiger charge is 2.57. The fourth-order valence-electron chi connectivity index (χ4n) is 5.49. The number of nitrogens with zero attached hydrogens (tertiary/aromatic N) is 2. The smallest absolute Gasteiger partial charge is 0.323 e. The highest BCUT2D eigenvalue weighted by atomic mass is 32.1. The maximum atomic E-state index is 14.3. The van der Waals surface area contributed by atoms with Crippen LogP contribution in [0.15, 0.2) is 90.3 Å². The van der Waals surface area contributed by atoms with Crippen LogP contribution in [-0.4, -0.2) is 33.6 Å². The fourth-order valence-corrected chi connectivity index (χ4v) is 6.40. The molecule has 0 bridgehead atoms. The highest BCUT2D eigenvalue weighted by molar-refractivity contribution is 7.10. The summed E-state index contributed by atoms with van der Waals surface area (Å²) in [6.45, 7) is 3.86. The summed E-state index contributed by atoms with van der Waals surface area (Å²) in [6.07, 6.45) is 0. The number of ketones is 1. The van der Waals surface area contributed by atoms with Gasteiger partial charge in [-0.2, -0.15) is 0 Å². The number of thiophene rings is 1. The van der Waals surface area contributed by atoms with E-state index in [0.29, 0.717) is 11.3 Å². The Morgan fingerprint density at radius 2 is 1.51 bits per heavy atom. The Hall–Kier alpha value is -4.83. The van der Waals surface area contributed by atoms with Crippen molar-refractivity contribution in [2.45, 2.75) is 31.8 Å². The van der Waals surface area contributed by atoms with Gasteiger partial charge in [-0.25, -0.2) is 4.79 Å². The molecule has 41 heavy (non-hydrogen) atoms. The number of non-ortho nitro benzene ring substituents is 1. The van der Waals surface area contributed by atoms with Gasteiger partial charge in [0, 0.05) is 34.2 Å². The normalized spacial score (nSPS) is 20.0. The number of urea groups is 1. The van der Waals surface area contributed by atoms with Gasteiger partial charge in [-0.15, -0.1) is 11.3 Å². The van der Waals surface area contributed by atoms with Crippen molar-refractivity contribution in [2.24, 2.45) is 11.7 Å². The number of hydrogen-bond acceptors (Lipinski definition) is 6. The summed E-state index contributed by atoms with van der Waals surface area (Å²) < 4.78 is 0. The molecule has 1 fully saturated rings. The summed E-state index contributed by atoms with van der Waals surface area (Å²) in [4.78, 5) is 54.4. The number of anilines is 1. The topological polar surface area (TPSA) is 136 Å². The van der Waals surface area contributed by atoms with E-state index in [1.54, 1.807) is 12.1 Å². The molecular weight excluding hydrogens is 540 g/mol. The van der Waals surface area contributed by atoms with Gasteiger partial charge in [0.2, 0.25) is 5.91 Å². The fraction of sp³-hybridized carbons (Fsp3) is 0.194. The molecule has 3 aromatic carbocycles. The van der Waals surface area contributed by atoms with Crippen molar-refractivity contribution in [1.29, 1.82) is 0 Å². The Morgan fingerprint density at radius 1 is 0.902 bits per heavy atom. The van der Waals surface area contributed by atoms with Gasteiger partial charge in [0.25, 0.3) is 5.69 Å². The molecule has 3 amide bonds. The van der Waals surface area contributed by atoms with Gasteiger partial charge in [-0.3, -0.25) is 19.7 Å². The number of aryl methyl sites for hydroxylation is 2. The lowest BCUT2D eigenvalue weighted by Crippen LogP contribution is -2.48. The van der Waals surface area contributed by atoms with Crippen LogP contribution in [0.5, 0.6) is 0 Å². The number of nitro benzene ring substituents is 1. The lowest BCUT2D eigenvalue weighted by atomic mass is 9.78. The molecule has 1 aromatic heterocycles. The SMILES string of the molecule is Cc1ccc(NC(=O)N2C(C(N)=O)C(c3cccs3)C(C(=O)c3ccc([N+](=O)[O-])cc3)C2c2ccc(C)cc2)cc1. The van der Waals surface area contributed by atoms with E-state index in [-0.39, 0.29) is 17.0 Å². The van der Waals surface area contributed by atoms with Crippen molar-refractivity contribution in [1.82, 2.24) is 4.90 Å². The van der Waals surface area contributed by atoms with Crippen molar-refractivity contribution in [3.8, 4) is 0 Å². The van der Waals surface area contributed by atoms with Crippen LogP contribution in [0.2, 0.25) is 0 Å². The predicted molar refractivity (Wildman–Crippen MR) is 157 cm³/mol. The second-order valence-electron chi connectivity index (χ2n) is 10.1. The summed E-state index contributed by atoms with van der Waals surface area (Å²) in [5, 5.41) is 16.0. The van der Waals surface area contributed by atoms with E-state index in [2.05, 4.69) is 5.32 Å². The first kappa shape index (κ1) is 27.7. The number of likely N-dealkylation sites (tertiary alicyclic amines) is 1. The van der Waals surface area contributed by atoms with E-state index in [1.165, 1.54) is 40.5 Å². The van der Waals surface area contributed by atoms with Crippen LogP contribution in [0.1, 0.15) is 43.9 Å². The summed E-state index contributed by atoms with van der Waals surface area (Å²) in [5.41, 5.74) is 9.31. The molecule has 4 atom stereocenters. The van der Waals surface area contributed by atoms with Gasteiger partial charge in [-0.05, 0) is 55.1 Å². The zero-order chi connectivity index (χ0) is 29.3. The molecule has 208 valence electrons. The zero-order valence-electron chi connectivity index (χ0n) is 22.4. The molecule has 4 unspecified atom stereocenters. The number of nitro groups is 1. The van der Waals surface area contributed by atoms with Crippen LogP contribution in [0, 0.1) is 29.9 Å². The number of hydrogen-bond donors (Lipinski definition) is 2. The third-order valence-corrected chi connectivity index (χ3v) is 8.43. The number of Topliss-reactive ketones (excluding diaryl/α,β-unsaturated/α-hetero) is 1. The average Bonchev–Trinajstić information content (AvgIpc) is 3.61.